The maximum Gasteiger partial charge on any atom is 0.0336 e. The Hall–Kier alpha value is -0.0800. The molecule has 2 saturated carbocycles. The van der Waals surface area contributed by atoms with Crippen molar-refractivity contribution >= 4 is 0 Å². The fourth-order valence-electron chi connectivity index (χ4n) is 3.85. The van der Waals surface area contributed by atoms with Gasteiger partial charge in [-0.05, 0) is 57.4 Å². The zero-order valence-electron chi connectivity index (χ0n) is 11.2. The van der Waals surface area contributed by atoms with Crippen molar-refractivity contribution < 1.29 is 0 Å². The maximum atomic E-state index is 6.02. The van der Waals surface area contributed by atoms with Crippen LogP contribution in [-0.4, -0.2) is 30.1 Å². The Labute approximate surface area is 101 Å². The third kappa shape index (κ3) is 2.14. The largest absolute Gasteiger partial charge is 0.329 e. The molecule has 0 bridgehead atoms. The summed E-state index contributed by atoms with van der Waals surface area (Å²) in [6.45, 7) is 5.59. The molecule has 16 heavy (non-hydrogen) atoms. The molecule has 2 heteroatoms. The summed E-state index contributed by atoms with van der Waals surface area (Å²) in [6, 6.07) is 0.798. The molecule has 0 unspecified atom stereocenters. The van der Waals surface area contributed by atoms with E-state index in [-0.39, 0.29) is 0 Å². The Morgan fingerprint density at radius 2 is 1.62 bits per heavy atom. The first-order valence-electron chi connectivity index (χ1n) is 7.00. The molecule has 2 fully saturated rings. The molecular weight excluding hydrogens is 196 g/mol. The van der Waals surface area contributed by atoms with Gasteiger partial charge in [0, 0.05) is 18.1 Å². The summed E-state index contributed by atoms with van der Waals surface area (Å²) in [5, 5.41) is 0. The van der Waals surface area contributed by atoms with Crippen molar-refractivity contribution in [2.45, 2.75) is 64.0 Å². The molecule has 0 atom stereocenters. The number of nitrogens with two attached hydrogens (primary N) is 1. The highest BCUT2D eigenvalue weighted by atomic mass is 15.2. The molecule has 2 nitrogen and oxygen atoms in total. The van der Waals surface area contributed by atoms with E-state index >= 15 is 0 Å². The van der Waals surface area contributed by atoms with Crippen LogP contribution < -0.4 is 5.73 Å². The SMILES string of the molecule is CC1CCC(N(C)C2(CN)CC(C)C2)CC1. The van der Waals surface area contributed by atoms with Gasteiger partial charge in [0.1, 0.15) is 0 Å². The zero-order chi connectivity index (χ0) is 11.8. The zero-order valence-corrected chi connectivity index (χ0v) is 11.2. The molecule has 94 valence electrons. The van der Waals surface area contributed by atoms with E-state index in [2.05, 4.69) is 25.8 Å². The van der Waals surface area contributed by atoms with Crippen LogP contribution in [0.4, 0.5) is 0 Å². The second-order valence-electron chi connectivity index (χ2n) is 6.47. The molecule has 0 aromatic heterocycles. The molecule has 0 aliphatic heterocycles. The van der Waals surface area contributed by atoms with Crippen LogP contribution >= 0.6 is 0 Å². The summed E-state index contributed by atoms with van der Waals surface area (Å²) in [5.74, 6) is 1.83. The number of hydrogen-bond donors (Lipinski definition) is 1. The summed E-state index contributed by atoms with van der Waals surface area (Å²) in [6.07, 6.45) is 8.20. The number of nitrogens with zero attached hydrogens (tertiary/aromatic N) is 1. The van der Waals surface area contributed by atoms with E-state index in [0.717, 1.165) is 24.4 Å². The minimum atomic E-state index is 0.352. The van der Waals surface area contributed by atoms with Crippen LogP contribution in [0.15, 0.2) is 0 Å². The van der Waals surface area contributed by atoms with E-state index in [1.807, 2.05) is 0 Å². The smallest absolute Gasteiger partial charge is 0.0336 e. The predicted molar refractivity (Wildman–Crippen MR) is 69.4 cm³/mol. The molecule has 2 aliphatic carbocycles. The number of hydrogen-bond acceptors (Lipinski definition) is 2. The second-order valence-corrected chi connectivity index (χ2v) is 6.47. The normalized spacial score (nSPS) is 44.4. The van der Waals surface area contributed by atoms with Crippen LogP contribution in [0.1, 0.15) is 52.4 Å². The summed E-state index contributed by atoms with van der Waals surface area (Å²) in [5.41, 5.74) is 6.38. The maximum absolute atomic E-state index is 6.02. The Morgan fingerprint density at radius 1 is 1.06 bits per heavy atom. The Bertz CT molecular complexity index is 225. The van der Waals surface area contributed by atoms with Crippen molar-refractivity contribution in [3.63, 3.8) is 0 Å². The molecule has 0 saturated heterocycles. The fourth-order valence-corrected chi connectivity index (χ4v) is 3.85. The topological polar surface area (TPSA) is 29.3 Å². The van der Waals surface area contributed by atoms with Crippen LogP contribution in [0, 0.1) is 11.8 Å². The molecular formula is C14H28N2. The standard InChI is InChI=1S/C14H28N2/c1-11-4-6-13(7-5-11)16(3)14(10-15)8-12(2)9-14/h11-13H,4-10,15H2,1-3H3. The number of likely N-dealkylation sites (N-methyl/N-ethyl adjacent to an activating group) is 1. The highest BCUT2D eigenvalue weighted by molar-refractivity contribution is 5.03. The molecule has 0 aromatic carbocycles. The van der Waals surface area contributed by atoms with Gasteiger partial charge in [-0.2, -0.15) is 0 Å². The number of rotatable bonds is 3. The fraction of sp³-hybridized carbons (Fsp3) is 1.00. The highest BCUT2D eigenvalue weighted by Gasteiger charge is 2.46. The van der Waals surface area contributed by atoms with Gasteiger partial charge < -0.3 is 5.73 Å². The first-order valence-corrected chi connectivity index (χ1v) is 7.00. The molecule has 0 radical (unpaired) electrons. The van der Waals surface area contributed by atoms with Gasteiger partial charge in [0.25, 0.3) is 0 Å². The lowest BCUT2D eigenvalue weighted by Gasteiger charge is -2.55. The lowest BCUT2D eigenvalue weighted by atomic mass is 9.67. The molecule has 2 rings (SSSR count). The van der Waals surface area contributed by atoms with Gasteiger partial charge >= 0.3 is 0 Å². The average molecular weight is 224 g/mol. The molecule has 2 N–H and O–H groups in total. The first kappa shape index (κ1) is 12.4. The van der Waals surface area contributed by atoms with Gasteiger partial charge in [-0.1, -0.05) is 13.8 Å². The minimum Gasteiger partial charge on any atom is -0.329 e. The van der Waals surface area contributed by atoms with Crippen molar-refractivity contribution in [1.29, 1.82) is 0 Å². The van der Waals surface area contributed by atoms with Crippen LogP contribution in [0.3, 0.4) is 0 Å². The molecule has 0 aromatic rings. The molecule has 2 aliphatic rings. The van der Waals surface area contributed by atoms with Crippen molar-refractivity contribution in [3.05, 3.63) is 0 Å². The quantitative estimate of drug-likeness (QED) is 0.798. The van der Waals surface area contributed by atoms with Crippen molar-refractivity contribution in [3.8, 4) is 0 Å². The van der Waals surface area contributed by atoms with Crippen molar-refractivity contribution in [2.75, 3.05) is 13.6 Å². The minimum absolute atomic E-state index is 0.352. The third-order valence-corrected chi connectivity index (χ3v) is 5.12. The van der Waals surface area contributed by atoms with Crippen molar-refractivity contribution in [1.82, 2.24) is 4.90 Å². The first-order chi connectivity index (χ1) is 7.57. The molecule has 0 amide bonds. The van der Waals surface area contributed by atoms with E-state index < -0.39 is 0 Å². The summed E-state index contributed by atoms with van der Waals surface area (Å²) >= 11 is 0. The van der Waals surface area contributed by atoms with Gasteiger partial charge in [0.05, 0.1) is 0 Å². The molecule has 0 spiro atoms. The lowest BCUT2D eigenvalue weighted by molar-refractivity contribution is -0.0341. The average Bonchev–Trinajstić information content (AvgIpc) is 2.24. The monoisotopic (exact) mass is 224 g/mol. The van der Waals surface area contributed by atoms with Gasteiger partial charge in [-0.25, -0.2) is 0 Å². The molecule has 0 heterocycles. The van der Waals surface area contributed by atoms with Crippen LogP contribution in [0.25, 0.3) is 0 Å². The van der Waals surface area contributed by atoms with Gasteiger partial charge in [0.2, 0.25) is 0 Å². The second kappa shape index (κ2) is 4.66. The highest BCUT2D eigenvalue weighted by Crippen LogP contribution is 2.43. The van der Waals surface area contributed by atoms with Gasteiger partial charge in [-0.15, -0.1) is 0 Å². The summed E-state index contributed by atoms with van der Waals surface area (Å²) in [7, 11) is 2.32. The van der Waals surface area contributed by atoms with Gasteiger partial charge in [0.15, 0.2) is 0 Å². The van der Waals surface area contributed by atoms with Crippen LogP contribution in [0.2, 0.25) is 0 Å². The van der Waals surface area contributed by atoms with Crippen LogP contribution in [0.5, 0.6) is 0 Å². The Morgan fingerprint density at radius 3 is 2.06 bits per heavy atom. The summed E-state index contributed by atoms with van der Waals surface area (Å²) in [4.78, 5) is 2.64. The Kier molecular flexibility index (Phi) is 3.60. The van der Waals surface area contributed by atoms with Crippen LogP contribution in [-0.2, 0) is 0 Å². The van der Waals surface area contributed by atoms with E-state index in [9.17, 15) is 0 Å². The summed E-state index contributed by atoms with van der Waals surface area (Å²) < 4.78 is 0. The lowest BCUT2D eigenvalue weighted by Crippen LogP contribution is -2.62. The van der Waals surface area contributed by atoms with E-state index in [4.69, 9.17) is 5.73 Å². The predicted octanol–water partition coefficient (Wildman–Crippen LogP) is 2.62. The Balaban J connectivity index is 1.93. The third-order valence-electron chi connectivity index (χ3n) is 5.12. The van der Waals surface area contributed by atoms with E-state index in [1.165, 1.54) is 38.5 Å². The van der Waals surface area contributed by atoms with E-state index in [1.54, 1.807) is 0 Å². The van der Waals surface area contributed by atoms with E-state index in [0.29, 0.717) is 5.54 Å². The van der Waals surface area contributed by atoms with Gasteiger partial charge in [-0.3, -0.25) is 4.90 Å². The van der Waals surface area contributed by atoms with Crippen molar-refractivity contribution in [2.24, 2.45) is 17.6 Å².